The second-order valence-electron chi connectivity index (χ2n) is 8.65. The highest BCUT2D eigenvalue weighted by molar-refractivity contribution is 7.10. The topological polar surface area (TPSA) is 59.1 Å². The normalized spacial score (nSPS) is 18.2. The summed E-state index contributed by atoms with van der Waals surface area (Å²) in [6.07, 6.45) is 4.82. The summed E-state index contributed by atoms with van der Waals surface area (Å²) in [6.45, 7) is 1.91. The Balaban J connectivity index is 1.48. The van der Waals surface area contributed by atoms with E-state index in [-0.39, 0.29) is 30.3 Å². The number of carbonyl (C=O) groups is 2. The Labute approximate surface area is 204 Å². The zero-order valence-corrected chi connectivity index (χ0v) is 20.6. The molecule has 1 aliphatic carbocycles. The third kappa shape index (κ3) is 5.89. The van der Waals surface area contributed by atoms with E-state index in [9.17, 15) is 9.59 Å². The number of thiophene rings is 1. The average molecular weight is 491 g/mol. The number of amides is 2. The molecular formula is C25H31ClN2O4S. The molecule has 1 atom stereocenters. The van der Waals surface area contributed by atoms with Crippen LogP contribution in [0.5, 0.6) is 5.75 Å². The van der Waals surface area contributed by atoms with Crippen LogP contribution in [0.1, 0.15) is 42.2 Å². The van der Waals surface area contributed by atoms with E-state index in [1.807, 2.05) is 17.0 Å². The van der Waals surface area contributed by atoms with Crippen LogP contribution >= 0.6 is 22.9 Å². The first-order valence-corrected chi connectivity index (χ1v) is 12.8. The van der Waals surface area contributed by atoms with Crippen LogP contribution in [0, 0.1) is 5.92 Å². The predicted molar refractivity (Wildman–Crippen MR) is 130 cm³/mol. The summed E-state index contributed by atoms with van der Waals surface area (Å²) in [4.78, 5) is 31.5. The minimum Gasteiger partial charge on any atom is -0.491 e. The van der Waals surface area contributed by atoms with Gasteiger partial charge in [0.05, 0.1) is 19.2 Å². The van der Waals surface area contributed by atoms with E-state index in [1.165, 1.54) is 4.88 Å². The molecular weight excluding hydrogens is 460 g/mol. The van der Waals surface area contributed by atoms with Gasteiger partial charge in [-0.3, -0.25) is 9.59 Å². The number of carbonyl (C=O) groups excluding carboxylic acids is 2. The van der Waals surface area contributed by atoms with Crippen molar-refractivity contribution in [3.8, 4) is 5.75 Å². The van der Waals surface area contributed by atoms with Crippen molar-refractivity contribution < 1.29 is 19.1 Å². The van der Waals surface area contributed by atoms with Gasteiger partial charge in [0.15, 0.2) is 0 Å². The highest BCUT2D eigenvalue weighted by Gasteiger charge is 2.35. The van der Waals surface area contributed by atoms with Gasteiger partial charge in [-0.05, 0) is 60.5 Å². The second kappa shape index (κ2) is 11.4. The molecule has 2 aliphatic rings. The van der Waals surface area contributed by atoms with Gasteiger partial charge in [-0.1, -0.05) is 24.4 Å². The molecule has 1 aromatic heterocycles. The molecule has 1 aliphatic heterocycles. The molecule has 6 nitrogen and oxygen atoms in total. The van der Waals surface area contributed by atoms with E-state index >= 15 is 0 Å². The van der Waals surface area contributed by atoms with Crippen LogP contribution in [0.25, 0.3) is 0 Å². The van der Waals surface area contributed by atoms with Crippen molar-refractivity contribution >= 4 is 34.8 Å². The van der Waals surface area contributed by atoms with E-state index in [0.29, 0.717) is 37.1 Å². The van der Waals surface area contributed by atoms with Crippen LogP contribution in [-0.4, -0.2) is 61.6 Å². The van der Waals surface area contributed by atoms with Crippen LogP contribution in [0.2, 0.25) is 5.02 Å². The maximum Gasteiger partial charge on any atom is 0.242 e. The van der Waals surface area contributed by atoms with Crippen LogP contribution in [0.3, 0.4) is 0 Å². The van der Waals surface area contributed by atoms with Crippen molar-refractivity contribution in [1.29, 1.82) is 0 Å². The summed E-state index contributed by atoms with van der Waals surface area (Å²) >= 11 is 7.71. The Morgan fingerprint density at radius 2 is 1.94 bits per heavy atom. The third-order valence-electron chi connectivity index (χ3n) is 6.54. The van der Waals surface area contributed by atoms with E-state index in [4.69, 9.17) is 21.1 Å². The zero-order valence-electron chi connectivity index (χ0n) is 19.0. The Kier molecular flexibility index (Phi) is 8.28. The number of benzene rings is 1. The Morgan fingerprint density at radius 3 is 2.67 bits per heavy atom. The quantitative estimate of drug-likeness (QED) is 0.516. The Bertz CT molecular complexity index is 942. The smallest absolute Gasteiger partial charge is 0.242 e. The summed E-state index contributed by atoms with van der Waals surface area (Å²) in [6, 6.07) is 9.14. The maximum atomic E-state index is 13.5. The molecule has 0 N–H and O–H groups in total. The minimum absolute atomic E-state index is 0.0310. The molecule has 1 aromatic carbocycles. The van der Waals surface area contributed by atoms with Crippen molar-refractivity contribution in [2.24, 2.45) is 5.92 Å². The average Bonchev–Trinajstić information content (AvgIpc) is 3.53. The van der Waals surface area contributed by atoms with E-state index in [2.05, 4.69) is 11.4 Å². The van der Waals surface area contributed by atoms with Crippen LogP contribution in [-0.2, 0) is 20.7 Å². The largest absolute Gasteiger partial charge is 0.491 e. The first kappa shape index (κ1) is 24.0. The number of halogens is 1. The maximum absolute atomic E-state index is 13.5. The van der Waals surface area contributed by atoms with Gasteiger partial charge in [-0.25, -0.2) is 0 Å². The van der Waals surface area contributed by atoms with E-state index in [0.717, 1.165) is 37.7 Å². The number of rotatable bonds is 9. The van der Waals surface area contributed by atoms with Crippen molar-refractivity contribution in [3.63, 3.8) is 0 Å². The Morgan fingerprint density at radius 1 is 1.18 bits per heavy atom. The van der Waals surface area contributed by atoms with Gasteiger partial charge in [0.1, 0.15) is 12.4 Å². The first-order valence-electron chi connectivity index (χ1n) is 11.6. The standard InChI is InChI=1S/C25H31ClN2O4S/c1-31-14-13-27(25(30)18-4-2-3-5-18)16-24(29)28-12-10-23-21(11-15-33-23)22(28)17-32-20-8-6-19(26)7-9-20/h6-9,11,15,18,22H,2-5,10,12-14,16-17H2,1H3/t22-/m0/s1. The predicted octanol–water partition coefficient (Wildman–Crippen LogP) is 4.57. The molecule has 0 unspecified atom stereocenters. The first-order chi connectivity index (χ1) is 16.1. The molecule has 4 rings (SSSR count). The molecule has 2 amide bonds. The summed E-state index contributed by atoms with van der Waals surface area (Å²) in [5, 5.41) is 2.72. The fraction of sp³-hybridized carbons (Fsp3) is 0.520. The lowest BCUT2D eigenvalue weighted by Gasteiger charge is -2.37. The molecule has 178 valence electrons. The lowest BCUT2D eigenvalue weighted by Crippen LogP contribution is -2.49. The fourth-order valence-electron chi connectivity index (χ4n) is 4.73. The van der Waals surface area contributed by atoms with Crippen molar-refractivity contribution in [2.75, 3.05) is 40.0 Å². The third-order valence-corrected chi connectivity index (χ3v) is 7.79. The number of ether oxygens (including phenoxy) is 2. The van der Waals surface area contributed by atoms with Gasteiger partial charge in [0, 0.05) is 36.0 Å². The minimum atomic E-state index is -0.186. The number of nitrogens with zero attached hydrogens (tertiary/aromatic N) is 2. The summed E-state index contributed by atoms with van der Waals surface area (Å²) in [5.41, 5.74) is 1.14. The van der Waals surface area contributed by atoms with E-state index in [1.54, 1.807) is 35.5 Å². The van der Waals surface area contributed by atoms with Gasteiger partial charge in [0.2, 0.25) is 11.8 Å². The van der Waals surface area contributed by atoms with Crippen molar-refractivity contribution in [2.45, 2.75) is 38.1 Å². The van der Waals surface area contributed by atoms with Crippen molar-refractivity contribution in [1.82, 2.24) is 9.80 Å². The lowest BCUT2D eigenvalue weighted by atomic mass is 10.00. The SMILES string of the molecule is COCCN(CC(=O)N1CCc2sccc2[C@@H]1COc1ccc(Cl)cc1)C(=O)C1CCCC1. The molecule has 2 heterocycles. The van der Waals surface area contributed by atoms with Gasteiger partial charge in [0.25, 0.3) is 0 Å². The van der Waals surface area contributed by atoms with Gasteiger partial charge in [-0.15, -0.1) is 11.3 Å². The zero-order chi connectivity index (χ0) is 23.2. The van der Waals surface area contributed by atoms with Crippen LogP contribution < -0.4 is 4.74 Å². The Hall–Kier alpha value is -2.09. The second-order valence-corrected chi connectivity index (χ2v) is 10.1. The molecule has 0 saturated heterocycles. The molecule has 1 saturated carbocycles. The summed E-state index contributed by atoms with van der Waals surface area (Å²) < 4.78 is 11.3. The number of hydrogen-bond acceptors (Lipinski definition) is 5. The molecule has 33 heavy (non-hydrogen) atoms. The molecule has 0 radical (unpaired) electrons. The monoisotopic (exact) mass is 490 g/mol. The number of fused-ring (bicyclic) bond motifs is 1. The molecule has 0 spiro atoms. The molecule has 0 bridgehead atoms. The molecule has 1 fully saturated rings. The fourth-order valence-corrected chi connectivity index (χ4v) is 5.79. The van der Waals surface area contributed by atoms with Gasteiger partial charge in [-0.2, -0.15) is 0 Å². The number of methoxy groups -OCH3 is 1. The lowest BCUT2D eigenvalue weighted by molar-refractivity contribution is -0.145. The van der Waals surface area contributed by atoms with Gasteiger partial charge >= 0.3 is 0 Å². The number of hydrogen-bond donors (Lipinski definition) is 0. The van der Waals surface area contributed by atoms with Crippen LogP contribution in [0.15, 0.2) is 35.7 Å². The highest BCUT2D eigenvalue weighted by Crippen LogP contribution is 2.34. The van der Waals surface area contributed by atoms with Gasteiger partial charge < -0.3 is 19.3 Å². The van der Waals surface area contributed by atoms with Crippen molar-refractivity contribution in [3.05, 3.63) is 51.2 Å². The molecule has 2 aromatic rings. The highest BCUT2D eigenvalue weighted by atomic mass is 35.5. The van der Waals surface area contributed by atoms with E-state index < -0.39 is 0 Å². The molecule has 8 heteroatoms. The summed E-state index contributed by atoms with van der Waals surface area (Å²) in [7, 11) is 1.62. The van der Waals surface area contributed by atoms with Crippen LogP contribution in [0.4, 0.5) is 0 Å². The summed E-state index contributed by atoms with van der Waals surface area (Å²) in [5.74, 6) is 0.787.